The molecule has 5 nitrogen and oxygen atoms in total. The first-order chi connectivity index (χ1) is 7.68. The van der Waals surface area contributed by atoms with Crippen LogP contribution in [0.5, 0.6) is 0 Å². The predicted octanol–water partition coefficient (Wildman–Crippen LogP) is 0.686. The van der Waals surface area contributed by atoms with E-state index in [-0.39, 0.29) is 18.9 Å². The summed E-state index contributed by atoms with van der Waals surface area (Å²) in [6, 6.07) is 3.58. The van der Waals surface area contributed by atoms with Gasteiger partial charge in [0.1, 0.15) is 0 Å². The molecule has 84 valence electrons. The van der Waals surface area contributed by atoms with E-state index in [4.69, 9.17) is 5.11 Å². The normalized spacial score (nSPS) is 10.2. The average molecular weight is 220 g/mol. The zero-order valence-electron chi connectivity index (χ0n) is 8.59. The van der Waals surface area contributed by atoms with E-state index in [2.05, 4.69) is 10.3 Å². The Morgan fingerprint density at radius 3 is 2.94 bits per heavy atom. The molecule has 0 aliphatic carbocycles. The molecule has 16 heavy (non-hydrogen) atoms. The summed E-state index contributed by atoms with van der Waals surface area (Å²) < 4.78 is 0. The van der Waals surface area contributed by atoms with Gasteiger partial charge in [0.2, 0.25) is 5.91 Å². The van der Waals surface area contributed by atoms with E-state index in [1.807, 2.05) is 6.07 Å². The highest BCUT2D eigenvalue weighted by atomic mass is 16.4. The Morgan fingerprint density at radius 1 is 1.50 bits per heavy atom. The van der Waals surface area contributed by atoms with Crippen LogP contribution in [0.2, 0.25) is 0 Å². The fourth-order valence-electron chi connectivity index (χ4n) is 0.998. The summed E-state index contributed by atoms with van der Waals surface area (Å²) in [7, 11) is 0. The number of hydrogen-bond donors (Lipinski definition) is 2. The lowest BCUT2D eigenvalue weighted by Crippen LogP contribution is -2.23. The van der Waals surface area contributed by atoms with Crippen LogP contribution >= 0.6 is 0 Å². The number of carbonyl (C=O) groups excluding carboxylic acids is 1. The Labute approximate surface area is 92.8 Å². The molecule has 0 fully saturated rings. The SMILES string of the molecule is O=C(O)CCNC(=O)/C=C/c1cccnc1. The molecule has 0 aromatic carbocycles. The summed E-state index contributed by atoms with van der Waals surface area (Å²) in [5, 5.41) is 10.8. The molecule has 0 unspecified atom stereocenters. The zero-order valence-corrected chi connectivity index (χ0v) is 8.59. The van der Waals surface area contributed by atoms with Gasteiger partial charge in [0, 0.05) is 25.0 Å². The Bertz CT molecular complexity index is 387. The Hall–Kier alpha value is -2.17. The highest BCUT2D eigenvalue weighted by Gasteiger charge is 1.98. The lowest BCUT2D eigenvalue weighted by atomic mass is 10.2. The van der Waals surface area contributed by atoms with Crippen LogP contribution in [0.3, 0.4) is 0 Å². The fraction of sp³-hybridized carbons (Fsp3) is 0.182. The first kappa shape index (κ1) is 11.9. The molecule has 1 aromatic heterocycles. The van der Waals surface area contributed by atoms with Crippen LogP contribution in [0.25, 0.3) is 6.08 Å². The third-order valence-electron chi connectivity index (χ3n) is 1.75. The fourth-order valence-corrected chi connectivity index (χ4v) is 0.998. The van der Waals surface area contributed by atoms with Crippen molar-refractivity contribution in [2.45, 2.75) is 6.42 Å². The molecule has 0 aliphatic heterocycles. The summed E-state index contributed by atoms with van der Waals surface area (Å²) in [5.41, 5.74) is 0.816. The number of nitrogens with zero attached hydrogens (tertiary/aromatic N) is 1. The van der Waals surface area contributed by atoms with Crippen LogP contribution in [0.4, 0.5) is 0 Å². The number of pyridine rings is 1. The third kappa shape index (κ3) is 4.90. The molecule has 1 heterocycles. The summed E-state index contributed by atoms with van der Waals surface area (Å²) in [6.07, 6.45) is 6.15. The van der Waals surface area contributed by atoms with Crippen molar-refractivity contribution in [3.05, 3.63) is 36.2 Å². The highest BCUT2D eigenvalue weighted by Crippen LogP contribution is 1.97. The van der Waals surface area contributed by atoms with Crippen molar-refractivity contribution >= 4 is 18.0 Å². The molecule has 0 spiro atoms. The summed E-state index contributed by atoms with van der Waals surface area (Å²) in [5.74, 6) is -1.25. The third-order valence-corrected chi connectivity index (χ3v) is 1.75. The Kier molecular flexibility index (Phi) is 4.72. The monoisotopic (exact) mass is 220 g/mol. The minimum Gasteiger partial charge on any atom is -0.481 e. The molecule has 0 atom stereocenters. The molecule has 0 radical (unpaired) electrons. The molecule has 1 amide bonds. The highest BCUT2D eigenvalue weighted by molar-refractivity contribution is 5.91. The van der Waals surface area contributed by atoms with Crippen molar-refractivity contribution in [3.63, 3.8) is 0 Å². The lowest BCUT2D eigenvalue weighted by molar-refractivity contribution is -0.136. The number of amides is 1. The van der Waals surface area contributed by atoms with Crippen molar-refractivity contribution < 1.29 is 14.7 Å². The van der Waals surface area contributed by atoms with Gasteiger partial charge in [0.25, 0.3) is 0 Å². The number of rotatable bonds is 5. The quantitative estimate of drug-likeness (QED) is 0.715. The Balaban J connectivity index is 2.34. The lowest BCUT2D eigenvalue weighted by Gasteiger charge is -1.98. The number of aliphatic carboxylic acids is 1. The minimum absolute atomic E-state index is 0.0769. The number of carboxylic acid groups (broad SMARTS) is 1. The van der Waals surface area contributed by atoms with Gasteiger partial charge in [0.15, 0.2) is 0 Å². The molecule has 0 aliphatic rings. The van der Waals surface area contributed by atoms with Gasteiger partial charge in [-0.15, -0.1) is 0 Å². The second kappa shape index (κ2) is 6.34. The van der Waals surface area contributed by atoms with Crippen LogP contribution in [0, 0.1) is 0 Å². The molecular weight excluding hydrogens is 208 g/mol. The van der Waals surface area contributed by atoms with E-state index in [0.717, 1.165) is 5.56 Å². The Morgan fingerprint density at radius 2 is 2.31 bits per heavy atom. The van der Waals surface area contributed by atoms with Crippen LogP contribution in [0.15, 0.2) is 30.6 Å². The number of carboxylic acids is 1. The standard InChI is InChI=1S/C11H12N2O3/c14-10(13-7-5-11(15)16)4-3-9-2-1-6-12-8-9/h1-4,6,8H,5,7H2,(H,13,14)(H,15,16)/b4-3+. The molecule has 1 aromatic rings. The molecule has 1 rings (SSSR count). The van der Waals surface area contributed by atoms with E-state index in [0.29, 0.717) is 0 Å². The van der Waals surface area contributed by atoms with Crippen LogP contribution in [-0.2, 0) is 9.59 Å². The topological polar surface area (TPSA) is 79.3 Å². The van der Waals surface area contributed by atoms with Gasteiger partial charge in [-0.2, -0.15) is 0 Å². The van der Waals surface area contributed by atoms with Gasteiger partial charge in [-0.05, 0) is 17.7 Å². The van der Waals surface area contributed by atoms with Crippen LogP contribution < -0.4 is 5.32 Å². The van der Waals surface area contributed by atoms with E-state index in [9.17, 15) is 9.59 Å². The summed E-state index contributed by atoms with van der Waals surface area (Å²) >= 11 is 0. The van der Waals surface area contributed by atoms with Crippen molar-refractivity contribution in [3.8, 4) is 0 Å². The van der Waals surface area contributed by atoms with E-state index < -0.39 is 5.97 Å². The van der Waals surface area contributed by atoms with E-state index >= 15 is 0 Å². The number of hydrogen-bond acceptors (Lipinski definition) is 3. The van der Waals surface area contributed by atoms with Crippen LogP contribution in [-0.4, -0.2) is 28.5 Å². The maximum atomic E-state index is 11.2. The van der Waals surface area contributed by atoms with Gasteiger partial charge in [-0.1, -0.05) is 6.07 Å². The maximum Gasteiger partial charge on any atom is 0.305 e. The number of carbonyl (C=O) groups is 2. The van der Waals surface area contributed by atoms with Gasteiger partial charge in [-0.25, -0.2) is 0 Å². The predicted molar refractivity (Wildman–Crippen MR) is 58.5 cm³/mol. The maximum absolute atomic E-state index is 11.2. The van der Waals surface area contributed by atoms with Gasteiger partial charge in [0.05, 0.1) is 6.42 Å². The van der Waals surface area contributed by atoms with E-state index in [1.54, 1.807) is 24.5 Å². The largest absolute Gasteiger partial charge is 0.481 e. The second-order valence-corrected chi connectivity index (χ2v) is 3.05. The molecule has 0 saturated carbocycles. The van der Waals surface area contributed by atoms with Crippen molar-refractivity contribution in [2.75, 3.05) is 6.54 Å². The number of nitrogens with one attached hydrogen (secondary N) is 1. The molecule has 0 bridgehead atoms. The van der Waals surface area contributed by atoms with Crippen molar-refractivity contribution in [2.24, 2.45) is 0 Å². The zero-order chi connectivity index (χ0) is 11.8. The number of aromatic nitrogens is 1. The minimum atomic E-state index is -0.934. The molecule has 0 saturated heterocycles. The molecule has 5 heteroatoms. The van der Waals surface area contributed by atoms with E-state index in [1.165, 1.54) is 6.08 Å². The average Bonchev–Trinajstić information content (AvgIpc) is 2.27. The van der Waals surface area contributed by atoms with Crippen molar-refractivity contribution in [1.29, 1.82) is 0 Å². The summed E-state index contributed by atoms with van der Waals surface area (Å²) in [6.45, 7) is 0.131. The van der Waals surface area contributed by atoms with Gasteiger partial charge in [-0.3, -0.25) is 14.6 Å². The second-order valence-electron chi connectivity index (χ2n) is 3.05. The van der Waals surface area contributed by atoms with Gasteiger partial charge < -0.3 is 10.4 Å². The first-order valence-corrected chi connectivity index (χ1v) is 4.76. The van der Waals surface area contributed by atoms with Crippen molar-refractivity contribution in [1.82, 2.24) is 10.3 Å². The van der Waals surface area contributed by atoms with Crippen LogP contribution in [0.1, 0.15) is 12.0 Å². The molecule has 2 N–H and O–H groups in total. The first-order valence-electron chi connectivity index (χ1n) is 4.76. The smallest absolute Gasteiger partial charge is 0.305 e. The van der Waals surface area contributed by atoms with Gasteiger partial charge >= 0.3 is 5.97 Å². The summed E-state index contributed by atoms with van der Waals surface area (Å²) in [4.78, 5) is 25.3. The molecular formula is C11H12N2O3.